The SMILES string of the molecule is CC(C)(C)c1ccc2nc(CCl)oc2c1. The van der Waals surface area contributed by atoms with Crippen LogP contribution in [0.15, 0.2) is 22.6 Å². The van der Waals surface area contributed by atoms with E-state index in [-0.39, 0.29) is 5.41 Å². The Labute approximate surface area is 94.3 Å². The van der Waals surface area contributed by atoms with E-state index in [9.17, 15) is 0 Å². The molecule has 0 aliphatic heterocycles. The van der Waals surface area contributed by atoms with Crippen LogP contribution >= 0.6 is 11.6 Å². The summed E-state index contributed by atoms with van der Waals surface area (Å²) in [5.41, 5.74) is 3.06. The average Bonchev–Trinajstić information content (AvgIpc) is 2.57. The van der Waals surface area contributed by atoms with E-state index in [4.69, 9.17) is 16.0 Å². The van der Waals surface area contributed by atoms with Crippen LogP contribution < -0.4 is 0 Å². The Balaban J connectivity index is 2.55. The molecule has 0 amide bonds. The van der Waals surface area contributed by atoms with Gasteiger partial charge in [0, 0.05) is 0 Å². The van der Waals surface area contributed by atoms with Crippen LogP contribution in [-0.2, 0) is 11.3 Å². The highest BCUT2D eigenvalue weighted by atomic mass is 35.5. The molecule has 0 saturated carbocycles. The monoisotopic (exact) mass is 223 g/mol. The summed E-state index contributed by atoms with van der Waals surface area (Å²) >= 11 is 5.67. The van der Waals surface area contributed by atoms with Crippen molar-refractivity contribution in [2.24, 2.45) is 0 Å². The molecule has 1 aromatic heterocycles. The van der Waals surface area contributed by atoms with E-state index in [0.29, 0.717) is 11.8 Å². The molecule has 0 N–H and O–H groups in total. The van der Waals surface area contributed by atoms with Gasteiger partial charge in [-0.25, -0.2) is 4.98 Å². The van der Waals surface area contributed by atoms with Crippen LogP contribution in [0.2, 0.25) is 0 Å². The Morgan fingerprint density at radius 1 is 1.33 bits per heavy atom. The van der Waals surface area contributed by atoms with Crippen molar-refractivity contribution in [1.82, 2.24) is 4.98 Å². The summed E-state index contributed by atoms with van der Waals surface area (Å²) in [6.07, 6.45) is 0. The summed E-state index contributed by atoms with van der Waals surface area (Å²) in [5.74, 6) is 0.900. The van der Waals surface area contributed by atoms with Crippen molar-refractivity contribution in [2.45, 2.75) is 32.1 Å². The highest BCUT2D eigenvalue weighted by Crippen LogP contribution is 2.26. The van der Waals surface area contributed by atoms with E-state index < -0.39 is 0 Å². The molecule has 1 aromatic carbocycles. The minimum atomic E-state index is 0.127. The number of fused-ring (bicyclic) bond motifs is 1. The van der Waals surface area contributed by atoms with Crippen LogP contribution in [0.3, 0.4) is 0 Å². The molecule has 0 aliphatic rings. The molecule has 3 heteroatoms. The molecule has 0 bridgehead atoms. The van der Waals surface area contributed by atoms with Gasteiger partial charge < -0.3 is 4.42 Å². The molecule has 0 aliphatic carbocycles. The van der Waals surface area contributed by atoms with Crippen molar-refractivity contribution in [1.29, 1.82) is 0 Å². The quantitative estimate of drug-likeness (QED) is 0.686. The first-order chi connectivity index (χ1) is 7.00. The van der Waals surface area contributed by atoms with E-state index >= 15 is 0 Å². The van der Waals surface area contributed by atoms with Crippen LogP contribution in [0.25, 0.3) is 11.1 Å². The lowest BCUT2D eigenvalue weighted by molar-refractivity contribution is 0.550. The number of benzene rings is 1. The third kappa shape index (κ3) is 2.00. The third-order valence-corrected chi connectivity index (χ3v) is 2.64. The molecule has 0 unspecified atom stereocenters. The molecule has 0 saturated heterocycles. The fraction of sp³-hybridized carbons (Fsp3) is 0.417. The summed E-state index contributed by atoms with van der Waals surface area (Å²) in [7, 11) is 0. The summed E-state index contributed by atoms with van der Waals surface area (Å²) in [5, 5.41) is 0. The Hall–Kier alpha value is -1.02. The first-order valence-electron chi connectivity index (χ1n) is 4.96. The fourth-order valence-electron chi connectivity index (χ4n) is 1.50. The molecular weight excluding hydrogens is 210 g/mol. The van der Waals surface area contributed by atoms with Crippen molar-refractivity contribution in [2.75, 3.05) is 0 Å². The maximum atomic E-state index is 5.67. The van der Waals surface area contributed by atoms with E-state index in [0.717, 1.165) is 11.1 Å². The zero-order valence-corrected chi connectivity index (χ0v) is 9.93. The number of oxazole rings is 1. The second-order valence-corrected chi connectivity index (χ2v) is 4.94. The lowest BCUT2D eigenvalue weighted by Gasteiger charge is -2.18. The minimum absolute atomic E-state index is 0.127. The zero-order chi connectivity index (χ0) is 11.1. The normalized spacial score (nSPS) is 12.3. The molecule has 0 spiro atoms. The number of halogens is 1. The number of alkyl halides is 1. The number of rotatable bonds is 1. The van der Waals surface area contributed by atoms with Crippen molar-refractivity contribution >= 4 is 22.7 Å². The van der Waals surface area contributed by atoms with Crippen LogP contribution in [0.5, 0.6) is 0 Å². The van der Waals surface area contributed by atoms with E-state index in [1.807, 2.05) is 12.1 Å². The maximum Gasteiger partial charge on any atom is 0.210 e. The average molecular weight is 224 g/mol. The number of nitrogens with zero attached hydrogens (tertiary/aromatic N) is 1. The molecule has 2 rings (SSSR count). The minimum Gasteiger partial charge on any atom is -0.439 e. The lowest BCUT2D eigenvalue weighted by atomic mass is 9.87. The second kappa shape index (κ2) is 3.53. The molecule has 80 valence electrons. The van der Waals surface area contributed by atoms with Gasteiger partial charge in [-0.1, -0.05) is 26.8 Å². The molecule has 1 heterocycles. The van der Waals surface area contributed by atoms with E-state index in [1.54, 1.807) is 0 Å². The van der Waals surface area contributed by atoms with Gasteiger partial charge in [-0.05, 0) is 23.1 Å². The fourth-order valence-corrected chi connectivity index (χ4v) is 1.61. The first-order valence-corrected chi connectivity index (χ1v) is 5.50. The Morgan fingerprint density at radius 3 is 2.67 bits per heavy atom. The Kier molecular flexibility index (Phi) is 2.47. The molecule has 2 aromatic rings. The van der Waals surface area contributed by atoms with Gasteiger partial charge in [0.25, 0.3) is 0 Å². The van der Waals surface area contributed by atoms with Gasteiger partial charge in [0.15, 0.2) is 5.58 Å². The molecular formula is C12H14ClNO. The van der Waals surface area contributed by atoms with Crippen LogP contribution in [-0.4, -0.2) is 4.98 Å². The van der Waals surface area contributed by atoms with Gasteiger partial charge in [-0.2, -0.15) is 0 Å². The van der Waals surface area contributed by atoms with Crippen molar-refractivity contribution in [3.05, 3.63) is 29.7 Å². The highest BCUT2D eigenvalue weighted by Gasteiger charge is 2.15. The molecule has 15 heavy (non-hydrogen) atoms. The Morgan fingerprint density at radius 2 is 2.07 bits per heavy atom. The smallest absolute Gasteiger partial charge is 0.210 e. The molecule has 2 nitrogen and oxygen atoms in total. The van der Waals surface area contributed by atoms with Gasteiger partial charge >= 0.3 is 0 Å². The summed E-state index contributed by atoms with van der Waals surface area (Å²) in [6, 6.07) is 6.11. The molecule has 0 fully saturated rings. The van der Waals surface area contributed by atoms with Crippen molar-refractivity contribution < 1.29 is 4.42 Å². The van der Waals surface area contributed by atoms with Gasteiger partial charge in [-0.3, -0.25) is 0 Å². The summed E-state index contributed by atoms with van der Waals surface area (Å²) in [6.45, 7) is 6.52. The summed E-state index contributed by atoms with van der Waals surface area (Å²) in [4.78, 5) is 4.26. The predicted octanol–water partition coefficient (Wildman–Crippen LogP) is 3.86. The zero-order valence-electron chi connectivity index (χ0n) is 9.17. The van der Waals surface area contributed by atoms with Gasteiger partial charge in [0.2, 0.25) is 5.89 Å². The molecule has 0 radical (unpaired) electrons. The topological polar surface area (TPSA) is 26.0 Å². The number of hydrogen-bond donors (Lipinski definition) is 0. The van der Waals surface area contributed by atoms with Crippen LogP contribution in [0, 0.1) is 0 Å². The van der Waals surface area contributed by atoms with Gasteiger partial charge in [-0.15, -0.1) is 11.6 Å². The standard InChI is InChI=1S/C12H14ClNO/c1-12(2,3)8-4-5-9-10(6-8)15-11(7-13)14-9/h4-6H,7H2,1-3H3. The largest absolute Gasteiger partial charge is 0.439 e. The van der Waals surface area contributed by atoms with Gasteiger partial charge in [0.05, 0.1) is 5.88 Å². The van der Waals surface area contributed by atoms with Crippen LogP contribution in [0.1, 0.15) is 32.2 Å². The number of aromatic nitrogens is 1. The second-order valence-electron chi connectivity index (χ2n) is 4.67. The van der Waals surface area contributed by atoms with E-state index in [1.165, 1.54) is 5.56 Å². The van der Waals surface area contributed by atoms with Crippen molar-refractivity contribution in [3.63, 3.8) is 0 Å². The van der Waals surface area contributed by atoms with Crippen molar-refractivity contribution in [3.8, 4) is 0 Å². The molecule has 0 atom stereocenters. The number of hydrogen-bond acceptors (Lipinski definition) is 2. The van der Waals surface area contributed by atoms with Gasteiger partial charge in [0.1, 0.15) is 5.52 Å². The van der Waals surface area contributed by atoms with Crippen LogP contribution in [0.4, 0.5) is 0 Å². The predicted molar refractivity (Wildman–Crippen MR) is 62.3 cm³/mol. The lowest BCUT2D eigenvalue weighted by Crippen LogP contribution is -2.10. The first kappa shape index (κ1) is 10.5. The van der Waals surface area contributed by atoms with E-state index in [2.05, 4.69) is 31.8 Å². The maximum absolute atomic E-state index is 5.67. The Bertz CT molecular complexity index is 482. The summed E-state index contributed by atoms with van der Waals surface area (Å²) < 4.78 is 5.51. The third-order valence-electron chi connectivity index (χ3n) is 2.41. The highest BCUT2D eigenvalue weighted by molar-refractivity contribution is 6.16.